The molecule has 0 aliphatic carbocycles. The van der Waals surface area contributed by atoms with E-state index in [9.17, 15) is 4.79 Å². The molecule has 0 aromatic carbocycles. The lowest BCUT2D eigenvalue weighted by molar-refractivity contribution is -0.121. The second kappa shape index (κ2) is 5.50. The van der Waals surface area contributed by atoms with Gasteiger partial charge in [-0.1, -0.05) is 0 Å². The third-order valence-electron chi connectivity index (χ3n) is 0.876. The van der Waals surface area contributed by atoms with Crippen molar-refractivity contribution in [3.05, 3.63) is 0 Å². The number of rotatable bonds is 4. The molecular weight excluding hydrogens is 152 g/mol. The minimum absolute atomic E-state index is 0.0191. The van der Waals surface area contributed by atoms with Crippen LogP contribution in [0.25, 0.3) is 0 Å². The van der Waals surface area contributed by atoms with Crippen LogP contribution in [0.2, 0.25) is 0 Å². The average molecular weight is 165 g/mol. The number of carbonyl (C=O) groups excluding carboxylic acids is 1. The summed E-state index contributed by atoms with van der Waals surface area (Å²) in [6, 6.07) is 0. The van der Waals surface area contributed by atoms with Crippen molar-refractivity contribution < 1.29 is 4.79 Å². The van der Waals surface area contributed by atoms with Crippen LogP contribution in [0.4, 0.5) is 0 Å². The maximum atomic E-state index is 10.8. The summed E-state index contributed by atoms with van der Waals surface area (Å²) in [5, 5.41) is 2.65. The highest BCUT2D eigenvalue weighted by Gasteiger charge is 1.99. The van der Waals surface area contributed by atoms with Crippen LogP contribution in [-0.2, 0) is 4.79 Å². The van der Waals surface area contributed by atoms with Crippen molar-refractivity contribution in [1.82, 2.24) is 10.2 Å². The zero-order valence-electron chi connectivity index (χ0n) is 6.35. The van der Waals surface area contributed by atoms with Gasteiger partial charge in [-0.25, -0.2) is 0 Å². The third kappa shape index (κ3) is 5.85. The van der Waals surface area contributed by atoms with Gasteiger partial charge in [0.2, 0.25) is 5.91 Å². The Labute approximate surface area is 66.3 Å². The molecule has 0 aromatic heterocycles. The number of likely N-dealkylation sites (N-methyl/N-ethyl adjacent to an activating group) is 1. The predicted molar refractivity (Wildman–Crippen MR) is 42.3 cm³/mol. The zero-order chi connectivity index (χ0) is 7.98. The monoisotopic (exact) mass is 164 g/mol. The van der Waals surface area contributed by atoms with Gasteiger partial charge < -0.3 is 10.2 Å². The van der Waals surface area contributed by atoms with Crippen molar-refractivity contribution in [2.24, 2.45) is 0 Å². The van der Waals surface area contributed by atoms with Crippen LogP contribution in [0.15, 0.2) is 0 Å². The molecule has 3 nitrogen and oxygen atoms in total. The van der Waals surface area contributed by atoms with Crippen molar-refractivity contribution in [3.63, 3.8) is 0 Å². The average Bonchev–Trinajstić information content (AvgIpc) is 1.82. The van der Waals surface area contributed by atoms with Gasteiger partial charge in [0.25, 0.3) is 0 Å². The van der Waals surface area contributed by atoms with Gasteiger partial charge in [-0.3, -0.25) is 4.79 Å². The fourth-order valence-electron chi connectivity index (χ4n) is 0.530. The first-order chi connectivity index (χ1) is 4.66. The number of amides is 1. The highest BCUT2D eigenvalue weighted by Crippen LogP contribution is 1.75. The summed E-state index contributed by atoms with van der Waals surface area (Å²) in [5.74, 6) is 0.491. The molecule has 4 heteroatoms. The van der Waals surface area contributed by atoms with Gasteiger partial charge in [0.1, 0.15) is 0 Å². The van der Waals surface area contributed by atoms with Crippen LogP contribution in [0.1, 0.15) is 0 Å². The fourth-order valence-corrected chi connectivity index (χ4v) is 0.624. The molecule has 0 spiro atoms. The molecule has 1 amide bonds. The second-order valence-electron chi connectivity index (χ2n) is 2.28. The van der Waals surface area contributed by atoms with Crippen LogP contribution in [0, 0.1) is 0 Å². The number of nitrogens with zero attached hydrogens (tertiary/aromatic N) is 1. The SMILES string of the molecule is CN(C)CC(=O)NCCCl. The fraction of sp³-hybridized carbons (Fsp3) is 0.833. The summed E-state index contributed by atoms with van der Waals surface area (Å²) in [6.45, 7) is 0.977. The summed E-state index contributed by atoms with van der Waals surface area (Å²) in [4.78, 5) is 12.6. The van der Waals surface area contributed by atoms with Gasteiger partial charge in [-0.2, -0.15) is 0 Å². The smallest absolute Gasteiger partial charge is 0.234 e. The Balaban J connectivity index is 3.26. The molecule has 1 N–H and O–H groups in total. The van der Waals surface area contributed by atoms with E-state index in [0.29, 0.717) is 19.0 Å². The molecule has 10 heavy (non-hydrogen) atoms. The maximum absolute atomic E-state index is 10.8. The molecule has 0 heterocycles. The molecule has 0 saturated carbocycles. The van der Waals surface area contributed by atoms with Gasteiger partial charge in [0.05, 0.1) is 6.54 Å². The van der Waals surface area contributed by atoms with Gasteiger partial charge in [-0.15, -0.1) is 11.6 Å². The van der Waals surface area contributed by atoms with E-state index in [1.807, 2.05) is 19.0 Å². The Hall–Kier alpha value is -0.280. The molecule has 60 valence electrons. The minimum atomic E-state index is 0.0191. The first-order valence-corrected chi connectivity index (χ1v) is 3.67. The molecule has 0 fully saturated rings. The van der Waals surface area contributed by atoms with Gasteiger partial charge in [0, 0.05) is 12.4 Å². The number of alkyl halides is 1. The van der Waals surface area contributed by atoms with E-state index >= 15 is 0 Å². The summed E-state index contributed by atoms with van der Waals surface area (Å²) in [5.41, 5.74) is 0. The van der Waals surface area contributed by atoms with E-state index in [1.54, 1.807) is 0 Å². The van der Waals surface area contributed by atoms with Crippen molar-refractivity contribution in [2.45, 2.75) is 0 Å². The van der Waals surface area contributed by atoms with Gasteiger partial charge >= 0.3 is 0 Å². The zero-order valence-corrected chi connectivity index (χ0v) is 7.11. The van der Waals surface area contributed by atoms with Crippen LogP contribution >= 0.6 is 11.6 Å². The number of carbonyl (C=O) groups is 1. The summed E-state index contributed by atoms with van der Waals surface area (Å²) in [7, 11) is 3.69. The standard InChI is InChI=1S/C6H13ClN2O/c1-9(2)5-6(10)8-4-3-7/h3-5H2,1-2H3,(H,8,10). The van der Waals surface area contributed by atoms with Crippen LogP contribution < -0.4 is 5.32 Å². The van der Waals surface area contributed by atoms with Gasteiger partial charge in [0.15, 0.2) is 0 Å². The summed E-state index contributed by atoms with van der Waals surface area (Å²) < 4.78 is 0. The topological polar surface area (TPSA) is 32.3 Å². The molecule has 0 rings (SSSR count). The second-order valence-corrected chi connectivity index (χ2v) is 2.65. The van der Waals surface area contributed by atoms with Crippen LogP contribution in [0.3, 0.4) is 0 Å². The molecule has 0 atom stereocenters. The van der Waals surface area contributed by atoms with E-state index < -0.39 is 0 Å². The van der Waals surface area contributed by atoms with E-state index in [2.05, 4.69) is 5.32 Å². The van der Waals surface area contributed by atoms with Gasteiger partial charge in [-0.05, 0) is 14.1 Å². The molecule has 0 aliphatic heterocycles. The lowest BCUT2D eigenvalue weighted by atomic mass is 10.5. The molecule has 0 aliphatic rings. The van der Waals surface area contributed by atoms with E-state index in [0.717, 1.165) is 0 Å². The Bertz CT molecular complexity index is 106. The van der Waals surface area contributed by atoms with E-state index in [1.165, 1.54) is 0 Å². The van der Waals surface area contributed by atoms with Crippen molar-refractivity contribution >= 4 is 17.5 Å². The Morgan fingerprint density at radius 1 is 1.60 bits per heavy atom. The molecular formula is C6H13ClN2O. The Kier molecular flexibility index (Phi) is 5.35. The number of halogens is 1. The number of hydrogen-bond donors (Lipinski definition) is 1. The predicted octanol–water partition coefficient (Wildman–Crippen LogP) is -0.0970. The Morgan fingerprint density at radius 2 is 2.20 bits per heavy atom. The van der Waals surface area contributed by atoms with Crippen molar-refractivity contribution in [3.8, 4) is 0 Å². The summed E-state index contributed by atoms with van der Waals surface area (Å²) >= 11 is 5.35. The molecule has 0 bridgehead atoms. The highest BCUT2D eigenvalue weighted by molar-refractivity contribution is 6.18. The molecule has 0 unspecified atom stereocenters. The normalized spacial score (nSPS) is 10.0. The lowest BCUT2D eigenvalue weighted by Crippen LogP contribution is -2.34. The quantitative estimate of drug-likeness (QED) is 0.589. The molecule has 0 saturated heterocycles. The van der Waals surface area contributed by atoms with Crippen molar-refractivity contribution in [2.75, 3.05) is 33.1 Å². The third-order valence-corrected chi connectivity index (χ3v) is 1.07. The van der Waals surface area contributed by atoms with Crippen LogP contribution in [-0.4, -0.2) is 43.9 Å². The van der Waals surface area contributed by atoms with E-state index in [-0.39, 0.29) is 5.91 Å². The summed E-state index contributed by atoms with van der Waals surface area (Å²) in [6.07, 6.45) is 0. The molecule has 0 aromatic rings. The van der Waals surface area contributed by atoms with Crippen LogP contribution in [0.5, 0.6) is 0 Å². The van der Waals surface area contributed by atoms with E-state index in [4.69, 9.17) is 11.6 Å². The highest BCUT2D eigenvalue weighted by atomic mass is 35.5. The minimum Gasteiger partial charge on any atom is -0.354 e. The number of nitrogens with one attached hydrogen (secondary N) is 1. The van der Waals surface area contributed by atoms with Crippen molar-refractivity contribution in [1.29, 1.82) is 0 Å². The lowest BCUT2D eigenvalue weighted by Gasteiger charge is -2.08. The Morgan fingerprint density at radius 3 is 2.60 bits per heavy atom. The first kappa shape index (κ1) is 9.72. The maximum Gasteiger partial charge on any atom is 0.234 e. The largest absolute Gasteiger partial charge is 0.354 e. The number of hydrogen-bond acceptors (Lipinski definition) is 2. The first-order valence-electron chi connectivity index (χ1n) is 3.14. The molecule has 0 radical (unpaired) electrons.